The van der Waals surface area contributed by atoms with Crippen molar-refractivity contribution in [1.29, 1.82) is 0 Å². The average Bonchev–Trinajstić information content (AvgIpc) is 2.85. The van der Waals surface area contributed by atoms with Crippen LogP contribution in [0.3, 0.4) is 0 Å². The summed E-state index contributed by atoms with van der Waals surface area (Å²) in [6.45, 7) is 0.420. The SMILES string of the molecule is CNc1ccccc1COc1ccc(CC[C@H](CC=C[C@@H](O)c2ccc(O)cc2)S(=O)(=O)O)cc1. The molecule has 2 atom stereocenters. The van der Waals surface area contributed by atoms with Crippen molar-refractivity contribution >= 4 is 15.8 Å². The second-order valence-corrected chi connectivity index (χ2v) is 9.91. The summed E-state index contributed by atoms with van der Waals surface area (Å²) in [4.78, 5) is 0. The Labute approximate surface area is 206 Å². The van der Waals surface area contributed by atoms with E-state index in [9.17, 15) is 23.2 Å². The maximum Gasteiger partial charge on any atom is 0.268 e. The van der Waals surface area contributed by atoms with Gasteiger partial charge in [-0.25, -0.2) is 0 Å². The Morgan fingerprint density at radius 2 is 1.69 bits per heavy atom. The van der Waals surface area contributed by atoms with E-state index in [1.807, 2.05) is 55.6 Å². The van der Waals surface area contributed by atoms with Gasteiger partial charge in [-0.1, -0.05) is 54.6 Å². The van der Waals surface area contributed by atoms with Gasteiger partial charge in [0, 0.05) is 18.3 Å². The molecule has 0 saturated carbocycles. The van der Waals surface area contributed by atoms with E-state index in [4.69, 9.17) is 4.74 Å². The van der Waals surface area contributed by atoms with Crippen molar-refractivity contribution in [3.8, 4) is 11.5 Å². The molecule has 3 rings (SSSR count). The number of allylic oxidation sites excluding steroid dienone is 1. The first-order valence-electron chi connectivity index (χ1n) is 11.3. The van der Waals surface area contributed by atoms with Crippen LogP contribution in [0.5, 0.6) is 11.5 Å². The summed E-state index contributed by atoms with van der Waals surface area (Å²) in [6, 6.07) is 21.4. The van der Waals surface area contributed by atoms with Crippen molar-refractivity contribution in [1.82, 2.24) is 0 Å². The first kappa shape index (κ1) is 26.3. The number of anilines is 1. The number of aliphatic hydroxyl groups excluding tert-OH is 1. The number of nitrogens with one attached hydrogen (secondary N) is 1. The summed E-state index contributed by atoms with van der Waals surface area (Å²) in [5.74, 6) is 0.798. The van der Waals surface area contributed by atoms with Crippen molar-refractivity contribution < 1.29 is 27.9 Å². The van der Waals surface area contributed by atoms with Gasteiger partial charge < -0.3 is 20.3 Å². The Kier molecular flexibility index (Phi) is 9.31. The van der Waals surface area contributed by atoms with Crippen LogP contribution in [-0.2, 0) is 23.1 Å². The summed E-state index contributed by atoms with van der Waals surface area (Å²) in [5.41, 5.74) is 3.54. The maximum atomic E-state index is 11.9. The van der Waals surface area contributed by atoms with Crippen molar-refractivity contribution in [2.45, 2.75) is 37.2 Å². The number of phenols is 1. The third-order valence-corrected chi connectivity index (χ3v) is 7.00. The normalized spacial score (nSPS) is 13.5. The van der Waals surface area contributed by atoms with E-state index in [0.717, 1.165) is 16.8 Å². The molecule has 0 aliphatic rings. The molecule has 0 amide bonds. The molecule has 4 N–H and O–H groups in total. The Bertz CT molecular complexity index is 1210. The molecule has 0 unspecified atom stereocenters. The number of aromatic hydroxyl groups is 1. The van der Waals surface area contributed by atoms with Gasteiger partial charge in [-0.2, -0.15) is 8.42 Å². The first-order valence-corrected chi connectivity index (χ1v) is 12.8. The minimum absolute atomic E-state index is 0.0695. The van der Waals surface area contributed by atoms with Crippen LogP contribution in [0.25, 0.3) is 0 Å². The van der Waals surface area contributed by atoms with Crippen molar-refractivity contribution in [3.05, 3.63) is 102 Å². The van der Waals surface area contributed by atoms with Crippen LogP contribution in [0.1, 0.15) is 35.6 Å². The highest BCUT2D eigenvalue weighted by Gasteiger charge is 2.21. The van der Waals surface area contributed by atoms with Gasteiger partial charge in [0.25, 0.3) is 10.1 Å². The molecule has 186 valence electrons. The van der Waals surface area contributed by atoms with Crippen LogP contribution in [0, 0.1) is 0 Å². The Morgan fingerprint density at radius 3 is 2.34 bits per heavy atom. The van der Waals surface area contributed by atoms with Crippen LogP contribution in [0.2, 0.25) is 0 Å². The molecule has 0 bridgehead atoms. The molecule has 0 saturated heterocycles. The summed E-state index contributed by atoms with van der Waals surface area (Å²) in [7, 11) is -2.39. The molecule has 3 aromatic carbocycles. The van der Waals surface area contributed by atoms with E-state index < -0.39 is 21.5 Å². The van der Waals surface area contributed by atoms with Crippen LogP contribution in [0.15, 0.2) is 84.9 Å². The van der Waals surface area contributed by atoms with Gasteiger partial charge in [0.2, 0.25) is 0 Å². The van der Waals surface area contributed by atoms with Crippen molar-refractivity contribution in [2.24, 2.45) is 0 Å². The molecule has 3 aromatic rings. The summed E-state index contributed by atoms with van der Waals surface area (Å²) in [5, 5.41) is 21.7. The number of rotatable bonds is 12. The highest BCUT2D eigenvalue weighted by molar-refractivity contribution is 7.86. The molecule has 0 fully saturated rings. The Hall–Kier alpha value is -3.33. The molecule has 0 spiro atoms. The lowest BCUT2D eigenvalue weighted by Crippen LogP contribution is -2.20. The van der Waals surface area contributed by atoms with Crippen molar-refractivity contribution in [3.63, 3.8) is 0 Å². The zero-order chi connectivity index (χ0) is 25.3. The fraction of sp³-hybridized carbons (Fsp3) is 0.259. The summed E-state index contributed by atoms with van der Waals surface area (Å²) >= 11 is 0. The van der Waals surface area contributed by atoms with E-state index >= 15 is 0 Å². The fourth-order valence-corrected chi connectivity index (χ4v) is 4.43. The summed E-state index contributed by atoms with van der Waals surface area (Å²) in [6.07, 6.45) is 2.85. The van der Waals surface area contributed by atoms with Gasteiger partial charge >= 0.3 is 0 Å². The van der Waals surface area contributed by atoms with Crippen molar-refractivity contribution in [2.75, 3.05) is 12.4 Å². The highest BCUT2D eigenvalue weighted by Crippen LogP contribution is 2.22. The minimum Gasteiger partial charge on any atom is -0.508 e. The molecular formula is C27H31NO6S. The maximum absolute atomic E-state index is 11.9. The van der Waals surface area contributed by atoms with E-state index in [1.165, 1.54) is 18.2 Å². The number of para-hydroxylation sites is 1. The Morgan fingerprint density at radius 1 is 1.00 bits per heavy atom. The highest BCUT2D eigenvalue weighted by atomic mass is 32.2. The van der Waals surface area contributed by atoms with Crippen LogP contribution in [0.4, 0.5) is 5.69 Å². The van der Waals surface area contributed by atoms with Crippen LogP contribution in [-0.4, -0.2) is 35.5 Å². The van der Waals surface area contributed by atoms with Gasteiger partial charge in [0.15, 0.2) is 0 Å². The van der Waals surface area contributed by atoms with E-state index in [2.05, 4.69) is 5.32 Å². The zero-order valence-corrected chi connectivity index (χ0v) is 20.4. The number of ether oxygens (including phenoxy) is 1. The number of phenolic OH excluding ortho intramolecular Hbond substituents is 1. The van der Waals surface area contributed by atoms with Gasteiger partial charge in [0.1, 0.15) is 18.1 Å². The third kappa shape index (κ3) is 8.13. The average molecular weight is 498 g/mol. The number of aryl methyl sites for hydroxylation is 1. The Balaban J connectivity index is 1.53. The molecule has 0 aromatic heterocycles. The van der Waals surface area contributed by atoms with E-state index in [1.54, 1.807) is 18.2 Å². The molecular weight excluding hydrogens is 466 g/mol. The van der Waals surface area contributed by atoms with Gasteiger partial charge in [-0.05, 0) is 60.7 Å². The van der Waals surface area contributed by atoms with E-state index in [0.29, 0.717) is 24.3 Å². The lowest BCUT2D eigenvalue weighted by molar-refractivity contribution is 0.228. The lowest BCUT2D eigenvalue weighted by atomic mass is 10.1. The largest absolute Gasteiger partial charge is 0.508 e. The quantitative estimate of drug-likeness (QED) is 0.208. The molecule has 0 heterocycles. The first-order chi connectivity index (χ1) is 16.8. The number of aliphatic hydroxyl groups is 1. The topological polar surface area (TPSA) is 116 Å². The molecule has 35 heavy (non-hydrogen) atoms. The lowest BCUT2D eigenvalue weighted by Gasteiger charge is -2.13. The molecule has 0 aliphatic heterocycles. The number of hydrogen-bond donors (Lipinski definition) is 4. The monoisotopic (exact) mass is 497 g/mol. The minimum atomic E-state index is -4.25. The van der Waals surface area contributed by atoms with Crippen LogP contribution < -0.4 is 10.1 Å². The van der Waals surface area contributed by atoms with Gasteiger partial charge in [0.05, 0.1) is 11.4 Å². The second-order valence-electron chi connectivity index (χ2n) is 8.22. The third-order valence-electron chi connectivity index (χ3n) is 5.73. The zero-order valence-electron chi connectivity index (χ0n) is 19.5. The smallest absolute Gasteiger partial charge is 0.268 e. The van der Waals surface area contributed by atoms with Crippen LogP contribution >= 0.6 is 0 Å². The van der Waals surface area contributed by atoms with Gasteiger partial charge in [-0.3, -0.25) is 4.55 Å². The summed E-state index contributed by atoms with van der Waals surface area (Å²) < 4.78 is 39.3. The molecule has 0 radical (unpaired) electrons. The molecule has 0 aliphatic carbocycles. The number of benzene rings is 3. The van der Waals surface area contributed by atoms with Gasteiger partial charge in [-0.15, -0.1) is 0 Å². The predicted molar refractivity (Wildman–Crippen MR) is 137 cm³/mol. The predicted octanol–water partition coefficient (Wildman–Crippen LogP) is 4.88. The molecule has 8 heteroatoms. The standard InChI is InChI=1S/C27H31NO6S/c1-28-26-7-3-2-5-22(26)19-34-24-16-9-20(10-17-24)11-18-25(35(31,32)33)6-4-8-27(30)21-12-14-23(29)15-13-21/h2-5,7-10,12-17,25,27-30H,6,11,18-19H2,1H3,(H,31,32,33)/t25-,27+/m0/s1. The molecule has 7 nitrogen and oxygen atoms in total. The second kappa shape index (κ2) is 12.4. The number of hydrogen-bond acceptors (Lipinski definition) is 6. The van der Waals surface area contributed by atoms with E-state index in [-0.39, 0.29) is 18.6 Å². The fourth-order valence-electron chi connectivity index (χ4n) is 3.66.